The lowest BCUT2D eigenvalue weighted by atomic mass is 10.1. The highest BCUT2D eigenvalue weighted by Gasteiger charge is 2.22. The quantitative estimate of drug-likeness (QED) is 0.845. The molecule has 1 unspecified atom stereocenters. The van der Waals surface area contributed by atoms with Crippen LogP contribution in [0.15, 0.2) is 18.2 Å². The van der Waals surface area contributed by atoms with E-state index in [4.69, 9.17) is 9.47 Å². The van der Waals surface area contributed by atoms with Crippen LogP contribution in [0.1, 0.15) is 27.7 Å². The number of nitrogens with zero attached hydrogens (tertiary/aromatic N) is 1. The Morgan fingerprint density at radius 3 is 2.48 bits per heavy atom. The summed E-state index contributed by atoms with van der Waals surface area (Å²) in [5.41, 5.74) is 0.336. The van der Waals surface area contributed by atoms with Crippen molar-refractivity contribution in [3.63, 3.8) is 0 Å². The second-order valence-electron chi connectivity index (χ2n) is 7.24. The highest BCUT2D eigenvalue weighted by molar-refractivity contribution is 5.95. The molecule has 138 valence electrons. The molecular weight excluding hydrogens is 322 g/mol. The first-order chi connectivity index (χ1) is 11.7. The fourth-order valence-electron chi connectivity index (χ4n) is 2.39. The van der Waals surface area contributed by atoms with Gasteiger partial charge in [-0.1, -0.05) is 0 Å². The summed E-state index contributed by atoms with van der Waals surface area (Å²) in [6, 6.07) is 4.82. The van der Waals surface area contributed by atoms with Gasteiger partial charge < -0.3 is 20.1 Å². The van der Waals surface area contributed by atoms with Gasteiger partial charge in [0.2, 0.25) is 11.8 Å². The van der Waals surface area contributed by atoms with Crippen molar-refractivity contribution in [2.24, 2.45) is 0 Å². The number of hydrogen-bond donors (Lipinski definition) is 2. The zero-order valence-electron chi connectivity index (χ0n) is 15.5. The van der Waals surface area contributed by atoms with Crippen molar-refractivity contribution >= 4 is 17.5 Å². The Kier molecular flexibility index (Phi) is 5.89. The maximum Gasteiger partial charge on any atom is 0.241 e. The molecule has 0 aromatic heterocycles. The number of likely N-dealkylation sites (N-methyl/N-ethyl adjacent to an activating group) is 1. The van der Waals surface area contributed by atoms with Crippen molar-refractivity contribution in [2.75, 3.05) is 32.1 Å². The van der Waals surface area contributed by atoms with Crippen LogP contribution in [0.3, 0.4) is 0 Å². The number of amides is 2. The molecule has 7 nitrogen and oxygen atoms in total. The van der Waals surface area contributed by atoms with Crippen molar-refractivity contribution in [3.05, 3.63) is 18.2 Å². The molecule has 25 heavy (non-hydrogen) atoms. The molecule has 0 saturated carbocycles. The van der Waals surface area contributed by atoms with E-state index in [-0.39, 0.29) is 23.9 Å². The Morgan fingerprint density at radius 1 is 1.20 bits per heavy atom. The van der Waals surface area contributed by atoms with Gasteiger partial charge in [0.05, 0.1) is 12.6 Å². The number of ether oxygens (including phenoxy) is 2. The molecule has 2 rings (SSSR count). The predicted molar refractivity (Wildman–Crippen MR) is 96.0 cm³/mol. The van der Waals surface area contributed by atoms with E-state index in [2.05, 4.69) is 10.6 Å². The van der Waals surface area contributed by atoms with Crippen molar-refractivity contribution < 1.29 is 19.1 Å². The molecule has 0 radical (unpaired) electrons. The fraction of sp³-hybridized carbons (Fsp3) is 0.556. The highest BCUT2D eigenvalue weighted by atomic mass is 16.6. The number of nitrogens with one attached hydrogen (secondary N) is 2. The number of carbonyl (C=O) groups excluding carboxylic acids is 2. The number of hydrogen-bond acceptors (Lipinski definition) is 5. The average Bonchev–Trinajstić information content (AvgIpc) is 2.52. The molecule has 2 amide bonds. The summed E-state index contributed by atoms with van der Waals surface area (Å²) >= 11 is 0. The minimum absolute atomic E-state index is 0.117. The van der Waals surface area contributed by atoms with Crippen LogP contribution in [-0.2, 0) is 9.59 Å². The van der Waals surface area contributed by atoms with Crippen LogP contribution in [-0.4, -0.2) is 55.1 Å². The van der Waals surface area contributed by atoms with E-state index in [1.54, 1.807) is 37.1 Å². The van der Waals surface area contributed by atoms with Crippen molar-refractivity contribution in [1.82, 2.24) is 10.2 Å². The zero-order chi connectivity index (χ0) is 18.6. The van der Waals surface area contributed by atoms with Gasteiger partial charge in [-0.3, -0.25) is 14.5 Å². The Labute approximate surface area is 148 Å². The van der Waals surface area contributed by atoms with Gasteiger partial charge in [-0.2, -0.15) is 0 Å². The molecule has 0 bridgehead atoms. The Bertz CT molecular complexity index is 640. The maximum atomic E-state index is 12.4. The summed E-state index contributed by atoms with van der Waals surface area (Å²) < 4.78 is 11.0. The third kappa shape index (κ3) is 5.63. The zero-order valence-corrected chi connectivity index (χ0v) is 15.5. The number of rotatable bonds is 5. The summed E-state index contributed by atoms with van der Waals surface area (Å²) in [5, 5.41) is 5.73. The van der Waals surface area contributed by atoms with Gasteiger partial charge >= 0.3 is 0 Å². The van der Waals surface area contributed by atoms with Crippen LogP contribution in [0.25, 0.3) is 0 Å². The van der Waals surface area contributed by atoms with Crippen LogP contribution in [0.5, 0.6) is 11.5 Å². The van der Waals surface area contributed by atoms with E-state index >= 15 is 0 Å². The van der Waals surface area contributed by atoms with Gasteiger partial charge in [0.25, 0.3) is 0 Å². The molecule has 0 fully saturated rings. The predicted octanol–water partition coefficient (Wildman–Crippen LogP) is 1.63. The number of benzene rings is 1. The first-order valence-electron chi connectivity index (χ1n) is 8.37. The average molecular weight is 349 g/mol. The molecule has 7 heteroatoms. The molecule has 1 aromatic carbocycles. The standard InChI is InChI=1S/C18H27N3O4/c1-12(21(5)11-16(22)20-18(2,3)4)17(23)19-13-6-7-14-15(10-13)25-9-8-24-14/h6-7,10,12H,8-9,11H2,1-5H3,(H,19,23)(H,20,22). The summed E-state index contributed by atoms with van der Waals surface area (Å²) in [5.74, 6) is 0.986. The summed E-state index contributed by atoms with van der Waals surface area (Å²) in [6.07, 6.45) is 0. The van der Waals surface area contributed by atoms with Crippen molar-refractivity contribution in [3.8, 4) is 11.5 Å². The minimum atomic E-state index is -0.459. The van der Waals surface area contributed by atoms with Gasteiger partial charge in [-0.05, 0) is 46.9 Å². The molecule has 1 aliphatic heterocycles. The molecule has 2 N–H and O–H groups in total. The van der Waals surface area contributed by atoms with Gasteiger partial charge in [-0.15, -0.1) is 0 Å². The van der Waals surface area contributed by atoms with Crippen molar-refractivity contribution in [1.29, 1.82) is 0 Å². The molecule has 1 aliphatic rings. The molecule has 0 aliphatic carbocycles. The van der Waals surface area contributed by atoms with Crippen molar-refractivity contribution in [2.45, 2.75) is 39.3 Å². The van der Waals surface area contributed by atoms with Gasteiger partial charge in [-0.25, -0.2) is 0 Å². The van der Waals surface area contributed by atoms with Crippen LogP contribution < -0.4 is 20.1 Å². The van der Waals surface area contributed by atoms with Gasteiger partial charge in [0.1, 0.15) is 13.2 Å². The molecule has 1 aromatic rings. The Hall–Kier alpha value is -2.28. The molecular formula is C18H27N3O4. The fourth-order valence-corrected chi connectivity index (χ4v) is 2.39. The lowest BCUT2D eigenvalue weighted by Gasteiger charge is -2.26. The lowest BCUT2D eigenvalue weighted by molar-refractivity contribution is -0.125. The Balaban J connectivity index is 1.92. The summed E-state index contributed by atoms with van der Waals surface area (Å²) in [7, 11) is 1.75. The lowest BCUT2D eigenvalue weighted by Crippen LogP contribution is -2.49. The number of carbonyl (C=O) groups is 2. The summed E-state index contributed by atoms with van der Waals surface area (Å²) in [4.78, 5) is 26.1. The number of anilines is 1. The van der Waals surface area contributed by atoms with Crippen LogP contribution >= 0.6 is 0 Å². The largest absolute Gasteiger partial charge is 0.486 e. The van der Waals surface area contributed by atoms with E-state index in [0.29, 0.717) is 30.4 Å². The van der Waals surface area contributed by atoms with E-state index in [1.807, 2.05) is 20.8 Å². The Morgan fingerprint density at radius 2 is 1.84 bits per heavy atom. The van der Waals surface area contributed by atoms with Crippen LogP contribution in [0.2, 0.25) is 0 Å². The third-order valence-corrected chi connectivity index (χ3v) is 3.76. The third-order valence-electron chi connectivity index (χ3n) is 3.76. The first kappa shape index (κ1) is 19.1. The smallest absolute Gasteiger partial charge is 0.241 e. The normalized spacial score (nSPS) is 14.8. The van der Waals surface area contributed by atoms with E-state index in [1.165, 1.54) is 0 Å². The molecule has 1 heterocycles. The van der Waals surface area contributed by atoms with Gasteiger partial charge in [0, 0.05) is 17.3 Å². The second-order valence-corrected chi connectivity index (χ2v) is 7.24. The second kappa shape index (κ2) is 7.74. The molecule has 0 spiro atoms. The number of fused-ring (bicyclic) bond motifs is 1. The topological polar surface area (TPSA) is 79.9 Å². The maximum absolute atomic E-state index is 12.4. The van der Waals surface area contributed by atoms with E-state index < -0.39 is 6.04 Å². The van der Waals surface area contributed by atoms with Crippen LogP contribution in [0, 0.1) is 0 Å². The monoisotopic (exact) mass is 349 g/mol. The van der Waals surface area contributed by atoms with Gasteiger partial charge in [0.15, 0.2) is 11.5 Å². The highest BCUT2D eigenvalue weighted by Crippen LogP contribution is 2.32. The molecule has 0 saturated heterocycles. The van der Waals surface area contributed by atoms with E-state index in [0.717, 1.165) is 0 Å². The SMILES string of the molecule is CC(C(=O)Nc1ccc2c(c1)OCCO2)N(C)CC(=O)NC(C)(C)C. The summed E-state index contributed by atoms with van der Waals surface area (Å²) in [6.45, 7) is 8.68. The first-order valence-corrected chi connectivity index (χ1v) is 8.37. The molecule has 1 atom stereocenters. The van der Waals surface area contributed by atoms with Crippen LogP contribution in [0.4, 0.5) is 5.69 Å². The minimum Gasteiger partial charge on any atom is -0.486 e. The van der Waals surface area contributed by atoms with E-state index in [9.17, 15) is 9.59 Å².